The molecule has 0 aliphatic rings. The number of ether oxygens (including phenoxy) is 2. The fraction of sp³-hybridized carbons (Fsp3) is 0.909. The van der Waals surface area contributed by atoms with Gasteiger partial charge in [0, 0.05) is 23.3 Å². The lowest BCUT2D eigenvalue weighted by molar-refractivity contribution is -0.145. The van der Waals surface area contributed by atoms with Crippen LogP contribution < -0.4 is 10.6 Å². The SMILES string of the molecule is CCCCCCCCCC(CCCCCCC)C(=O)NC(CSSC[C@H](NC(=O)C(CCCCCCC)CCCCCCCCC)C(=O)OC)C(=O)OC. The van der Waals surface area contributed by atoms with Gasteiger partial charge in [0.05, 0.1) is 14.2 Å². The molecule has 4 atom stereocenters. The highest BCUT2D eigenvalue weighted by Crippen LogP contribution is 2.26. The highest BCUT2D eigenvalue weighted by molar-refractivity contribution is 8.76. The van der Waals surface area contributed by atoms with Crippen molar-refractivity contribution in [3.63, 3.8) is 0 Å². The molecule has 0 aliphatic heterocycles. The molecule has 0 radical (unpaired) electrons. The Bertz CT molecular complexity index is 852. The van der Waals surface area contributed by atoms with Crippen LogP contribution in [0, 0.1) is 11.8 Å². The van der Waals surface area contributed by atoms with E-state index < -0.39 is 24.0 Å². The molecule has 3 unspecified atom stereocenters. The van der Waals surface area contributed by atoms with E-state index in [1.54, 1.807) is 0 Å². The van der Waals surface area contributed by atoms with Gasteiger partial charge in [-0.2, -0.15) is 0 Å². The van der Waals surface area contributed by atoms with E-state index in [-0.39, 0.29) is 23.7 Å². The summed E-state index contributed by atoms with van der Waals surface area (Å²) in [5, 5.41) is 6.04. The molecule has 0 saturated carbocycles. The molecular weight excluding hydrogens is 717 g/mol. The van der Waals surface area contributed by atoms with E-state index in [1.165, 1.54) is 139 Å². The molecule has 0 aromatic carbocycles. The van der Waals surface area contributed by atoms with Crippen LogP contribution in [0.15, 0.2) is 0 Å². The molecule has 0 rings (SSSR count). The Morgan fingerprint density at radius 3 is 0.889 bits per heavy atom. The van der Waals surface area contributed by atoms with E-state index in [9.17, 15) is 19.2 Å². The van der Waals surface area contributed by atoms with Gasteiger partial charge in [0.2, 0.25) is 11.8 Å². The van der Waals surface area contributed by atoms with E-state index in [1.807, 2.05) is 0 Å². The first-order chi connectivity index (χ1) is 26.3. The van der Waals surface area contributed by atoms with E-state index in [2.05, 4.69) is 38.3 Å². The summed E-state index contributed by atoms with van der Waals surface area (Å²) < 4.78 is 10.2. The summed E-state index contributed by atoms with van der Waals surface area (Å²) in [4.78, 5) is 52.8. The van der Waals surface area contributed by atoms with Crippen LogP contribution in [0.3, 0.4) is 0 Å². The van der Waals surface area contributed by atoms with Crippen molar-refractivity contribution in [2.24, 2.45) is 11.8 Å². The molecule has 0 aromatic heterocycles. The van der Waals surface area contributed by atoms with Crippen LogP contribution in [0.2, 0.25) is 0 Å². The third kappa shape index (κ3) is 28.9. The van der Waals surface area contributed by atoms with E-state index >= 15 is 0 Å². The predicted octanol–water partition coefficient (Wildman–Crippen LogP) is 11.9. The number of hydrogen-bond acceptors (Lipinski definition) is 8. The van der Waals surface area contributed by atoms with Gasteiger partial charge in [-0.15, -0.1) is 0 Å². The molecule has 0 saturated heterocycles. The van der Waals surface area contributed by atoms with Crippen molar-refractivity contribution in [3.8, 4) is 0 Å². The van der Waals surface area contributed by atoms with Gasteiger partial charge in [-0.1, -0.05) is 203 Å². The first-order valence-corrected chi connectivity index (χ1v) is 24.8. The van der Waals surface area contributed by atoms with Crippen LogP contribution in [-0.4, -0.2) is 61.6 Å². The van der Waals surface area contributed by atoms with E-state index in [4.69, 9.17) is 9.47 Å². The summed E-state index contributed by atoms with van der Waals surface area (Å²) >= 11 is 0. The number of unbranched alkanes of at least 4 members (excludes halogenated alkanes) is 20. The van der Waals surface area contributed by atoms with Crippen molar-refractivity contribution in [3.05, 3.63) is 0 Å². The number of hydrogen-bond donors (Lipinski definition) is 2. The Labute approximate surface area is 340 Å². The number of methoxy groups -OCH3 is 2. The predicted molar refractivity (Wildman–Crippen MR) is 232 cm³/mol. The normalized spacial score (nSPS) is 13.5. The summed E-state index contributed by atoms with van der Waals surface area (Å²) in [5.74, 6) is -0.733. The lowest BCUT2D eigenvalue weighted by Gasteiger charge is -2.22. The number of carbonyl (C=O) groups excluding carboxylic acids is 4. The average molecular weight is 801 g/mol. The van der Waals surface area contributed by atoms with Crippen LogP contribution in [0.25, 0.3) is 0 Å². The molecule has 0 aromatic rings. The van der Waals surface area contributed by atoms with Gasteiger partial charge in [-0.25, -0.2) is 9.59 Å². The average Bonchev–Trinajstić information content (AvgIpc) is 3.18. The summed E-state index contributed by atoms with van der Waals surface area (Å²) in [6.45, 7) is 8.87. The maximum atomic E-state index is 13.6. The highest BCUT2D eigenvalue weighted by Gasteiger charge is 2.28. The lowest BCUT2D eigenvalue weighted by atomic mass is 9.93. The fourth-order valence-electron chi connectivity index (χ4n) is 6.93. The number of esters is 2. The number of nitrogens with one attached hydrogen (secondary N) is 2. The lowest BCUT2D eigenvalue weighted by Crippen LogP contribution is -2.46. The van der Waals surface area contributed by atoms with Gasteiger partial charge < -0.3 is 20.1 Å². The third-order valence-electron chi connectivity index (χ3n) is 10.5. The van der Waals surface area contributed by atoms with Crippen molar-refractivity contribution in [2.75, 3.05) is 25.7 Å². The maximum Gasteiger partial charge on any atom is 0.329 e. The van der Waals surface area contributed by atoms with Crippen LogP contribution in [0.1, 0.15) is 207 Å². The molecule has 10 heteroatoms. The third-order valence-corrected chi connectivity index (χ3v) is 12.9. The minimum absolute atomic E-state index is 0.0705. The van der Waals surface area contributed by atoms with Crippen molar-refractivity contribution < 1.29 is 28.7 Å². The first-order valence-electron chi connectivity index (χ1n) is 22.3. The van der Waals surface area contributed by atoms with Gasteiger partial charge >= 0.3 is 11.9 Å². The Hall–Kier alpha value is -1.42. The van der Waals surface area contributed by atoms with Gasteiger partial charge in [-0.05, 0) is 25.7 Å². The van der Waals surface area contributed by atoms with Gasteiger partial charge in [-0.3, -0.25) is 9.59 Å². The topological polar surface area (TPSA) is 111 Å². The molecule has 2 amide bonds. The monoisotopic (exact) mass is 801 g/mol. The Morgan fingerprint density at radius 2 is 0.648 bits per heavy atom. The Kier molecular flexibility index (Phi) is 37.4. The van der Waals surface area contributed by atoms with Crippen molar-refractivity contribution in [1.29, 1.82) is 0 Å². The summed E-state index contributed by atoms with van der Waals surface area (Å²) in [5.41, 5.74) is 0. The van der Waals surface area contributed by atoms with Gasteiger partial charge in [0.1, 0.15) is 12.1 Å². The minimum atomic E-state index is -0.790. The zero-order valence-electron chi connectivity index (χ0n) is 35.8. The van der Waals surface area contributed by atoms with Crippen LogP contribution in [0.5, 0.6) is 0 Å². The van der Waals surface area contributed by atoms with Crippen LogP contribution in [-0.2, 0) is 28.7 Å². The molecule has 0 aliphatic carbocycles. The molecule has 318 valence electrons. The maximum absolute atomic E-state index is 13.6. The number of amides is 2. The highest BCUT2D eigenvalue weighted by atomic mass is 33.1. The molecule has 0 heterocycles. The Balaban J connectivity index is 5.29. The fourth-order valence-corrected chi connectivity index (χ4v) is 9.23. The molecule has 0 spiro atoms. The zero-order chi connectivity index (χ0) is 40.1. The second kappa shape index (κ2) is 38.5. The standard InChI is InChI=1S/C44H84N2O6S2/c1-7-11-15-19-21-25-29-33-37(31-27-23-17-13-9-3)41(47)45-39(43(49)51-5)35-53-54-36-40(44(50)52-6)46-42(48)38(32-28-24-18-14-10-4)34-30-26-22-20-16-12-8-2/h37-40H,7-36H2,1-6H3,(H,45,47)(H,46,48)/t37?,38?,39-,40?/m0/s1. The van der Waals surface area contributed by atoms with Gasteiger partial charge in [0.15, 0.2) is 0 Å². The number of rotatable bonds is 39. The quantitative estimate of drug-likeness (QED) is 0.0359. The van der Waals surface area contributed by atoms with Crippen molar-refractivity contribution in [2.45, 2.75) is 220 Å². The van der Waals surface area contributed by atoms with Crippen LogP contribution in [0.4, 0.5) is 0 Å². The molecule has 2 N–H and O–H groups in total. The second-order valence-corrected chi connectivity index (χ2v) is 17.9. The van der Waals surface area contributed by atoms with Crippen LogP contribution >= 0.6 is 21.6 Å². The molecular formula is C44H84N2O6S2. The molecule has 0 bridgehead atoms. The van der Waals surface area contributed by atoms with E-state index in [0.29, 0.717) is 11.5 Å². The summed E-state index contributed by atoms with van der Waals surface area (Å²) in [7, 11) is 5.48. The zero-order valence-corrected chi connectivity index (χ0v) is 37.4. The van der Waals surface area contributed by atoms with Gasteiger partial charge in [0.25, 0.3) is 0 Å². The van der Waals surface area contributed by atoms with E-state index in [0.717, 1.165) is 77.0 Å². The molecule has 54 heavy (non-hydrogen) atoms. The molecule has 0 fully saturated rings. The molecule has 8 nitrogen and oxygen atoms in total. The second-order valence-electron chi connectivity index (χ2n) is 15.4. The van der Waals surface area contributed by atoms with Crippen molar-refractivity contribution in [1.82, 2.24) is 10.6 Å². The summed E-state index contributed by atoms with van der Waals surface area (Å²) in [6.07, 6.45) is 31.6. The Morgan fingerprint density at radius 1 is 0.407 bits per heavy atom. The first kappa shape index (κ1) is 52.6. The number of carbonyl (C=O) groups is 4. The smallest absolute Gasteiger partial charge is 0.329 e. The largest absolute Gasteiger partial charge is 0.467 e. The minimum Gasteiger partial charge on any atom is -0.467 e. The summed E-state index contributed by atoms with van der Waals surface area (Å²) in [6, 6.07) is -1.58. The van der Waals surface area contributed by atoms with Crippen molar-refractivity contribution >= 4 is 45.3 Å².